The average Bonchev–Trinajstić information content (AvgIpc) is 3.01. The lowest BCUT2D eigenvalue weighted by atomic mass is 9.99. The summed E-state index contributed by atoms with van der Waals surface area (Å²) in [5.74, 6) is 0. The number of sulfonamides is 1. The van der Waals surface area contributed by atoms with E-state index in [9.17, 15) is 17.2 Å². The number of hydrogen-bond donors (Lipinski definition) is 1. The van der Waals surface area contributed by atoms with Gasteiger partial charge >= 0.3 is 0 Å². The molecule has 0 spiro atoms. The van der Waals surface area contributed by atoms with Gasteiger partial charge in [0.05, 0.1) is 4.90 Å². The minimum atomic E-state index is -4.10. The molecule has 146 valence electrons. The first-order chi connectivity index (χ1) is 13.2. The summed E-state index contributed by atoms with van der Waals surface area (Å²) >= 11 is 5.92. The van der Waals surface area contributed by atoms with E-state index >= 15 is 0 Å². The minimum Gasteiger partial charge on any atom is -0.238 e. The summed E-state index contributed by atoms with van der Waals surface area (Å²) in [4.78, 5) is -0.198. The summed E-state index contributed by atoms with van der Waals surface area (Å²) in [5, 5.41) is 10.0. The quantitative estimate of drug-likeness (QED) is 0.630. The highest BCUT2D eigenvalue weighted by atomic mass is 35.5. The molecule has 0 saturated carbocycles. The number of aromatic nitrogens is 2. The van der Waals surface area contributed by atoms with Crippen molar-refractivity contribution >= 4 is 27.8 Å². The zero-order chi connectivity index (χ0) is 20.5. The van der Waals surface area contributed by atoms with Gasteiger partial charge in [0.2, 0.25) is 10.0 Å². The Morgan fingerprint density at radius 2 is 1.79 bits per heavy atom. The van der Waals surface area contributed by atoms with E-state index in [0.29, 0.717) is 10.6 Å². The van der Waals surface area contributed by atoms with Crippen molar-refractivity contribution in [3.8, 4) is 22.4 Å². The molecule has 1 heterocycles. The maximum Gasteiger partial charge on any atom is 0.281 e. The summed E-state index contributed by atoms with van der Waals surface area (Å²) in [5.41, 5.74) is 0.399. The van der Waals surface area contributed by atoms with Gasteiger partial charge in [-0.15, -0.1) is 0 Å². The van der Waals surface area contributed by atoms with Gasteiger partial charge < -0.3 is 0 Å². The highest BCUT2D eigenvalue weighted by Crippen LogP contribution is 2.41. The van der Waals surface area contributed by atoms with Crippen LogP contribution in [0, 0.1) is 0 Å². The maximum atomic E-state index is 14.0. The monoisotopic (exact) mass is 423 g/mol. The number of rotatable bonds is 5. The van der Waals surface area contributed by atoms with E-state index in [1.165, 1.54) is 24.4 Å². The Morgan fingerprint density at radius 1 is 1.14 bits per heavy atom. The first-order valence-electron chi connectivity index (χ1n) is 8.15. The van der Waals surface area contributed by atoms with Crippen LogP contribution in [0.15, 0.2) is 59.5 Å². The predicted molar refractivity (Wildman–Crippen MR) is 105 cm³/mol. The molecule has 2 N–H and O–H groups in total. The van der Waals surface area contributed by atoms with Crippen LogP contribution >= 0.6 is 11.6 Å². The molecule has 0 radical (unpaired) electrons. The van der Waals surface area contributed by atoms with Crippen LogP contribution in [-0.4, -0.2) is 18.2 Å². The average molecular weight is 424 g/mol. The van der Waals surface area contributed by atoms with Crippen molar-refractivity contribution in [2.24, 2.45) is 5.14 Å². The molecule has 0 aliphatic heterocycles. The van der Waals surface area contributed by atoms with Crippen LogP contribution in [0.2, 0.25) is 5.02 Å². The van der Waals surface area contributed by atoms with Gasteiger partial charge in [-0.1, -0.05) is 48.0 Å². The van der Waals surface area contributed by atoms with E-state index in [4.69, 9.17) is 16.7 Å². The minimum absolute atomic E-state index is 0.0837. The number of nitrogens with zero attached hydrogens (tertiary/aromatic N) is 2. The fraction of sp³-hybridized carbons (Fsp3) is 0.105. The lowest BCUT2D eigenvalue weighted by Gasteiger charge is -2.09. The Morgan fingerprint density at radius 3 is 2.36 bits per heavy atom. The molecule has 0 bridgehead atoms. The van der Waals surface area contributed by atoms with Gasteiger partial charge in [-0.3, -0.25) is 0 Å². The third-order valence-corrected chi connectivity index (χ3v) is 5.25. The maximum absolute atomic E-state index is 14.0. The fourth-order valence-electron chi connectivity index (χ4n) is 2.91. The smallest absolute Gasteiger partial charge is 0.238 e. The Labute approximate surface area is 166 Å². The summed E-state index contributed by atoms with van der Waals surface area (Å²) in [6, 6.07) is 12.2. The molecule has 5 nitrogen and oxygen atoms in total. The van der Waals surface area contributed by atoms with Crippen LogP contribution in [0.5, 0.6) is 0 Å². The van der Waals surface area contributed by atoms with Gasteiger partial charge in [0.1, 0.15) is 11.4 Å². The van der Waals surface area contributed by atoms with E-state index in [2.05, 4.69) is 5.10 Å². The van der Waals surface area contributed by atoms with Crippen molar-refractivity contribution in [3.63, 3.8) is 0 Å². The molecular weight excluding hydrogens is 408 g/mol. The molecule has 0 unspecified atom stereocenters. The third kappa shape index (κ3) is 3.84. The SMILES string of the molecule is CC=Cn1nc(-c2ccccc2S(N)(=O)=O)c(-c2ccc(Cl)cc2)c1C(F)F. The largest absolute Gasteiger partial charge is 0.281 e. The molecule has 3 aromatic rings. The van der Waals surface area contributed by atoms with Crippen molar-refractivity contribution < 1.29 is 17.2 Å². The number of nitrogens with two attached hydrogens (primary N) is 1. The molecule has 0 amide bonds. The van der Waals surface area contributed by atoms with Gasteiger partial charge in [-0.05, 0) is 30.7 Å². The number of alkyl halides is 2. The van der Waals surface area contributed by atoms with E-state index in [0.717, 1.165) is 4.68 Å². The summed E-state index contributed by atoms with van der Waals surface area (Å²) in [7, 11) is -4.10. The number of hydrogen-bond acceptors (Lipinski definition) is 3. The van der Waals surface area contributed by atoms with E-state index in [-0.39, 0.29) is 27.4 Å². The van der Waals surface area contributed by atoms with Gasteiger partial charge in [0.25, 0.3) is 6.43 Å². The van der Waals surface area contributed by atoms with Crippen molar-refractivity contribution in [2.75, 3.05) is 0 Å². The van der Waals surface area contributed by atoms with Crippen LogP contribution < -0.4 is 5.14 Å². The first kappa shape index (κ1) is 20.2. The Bertz CT molecular complexity index is 1140. The second-order valence-corrected chi connectivity index (χ2v) is 7.85. The summed E-state index contributed by atoms with van der Waals surface area (Å²) in [6.07, 6.45) is 0.0777. The number of halogens is 3. The van der Waals surface area contributed by atoms with Crippen LogP contribution in [-0.2, 0) is 10.0 Å². The molecule has 9 heteroatoms. The molecule has 0 saturated heterocycles. The summed E-state index contributed by atoms with van der Waals surface area (Å²) < 4.78 is 53.1. The van der Waals surface area contributed by atoms with Crippen molar-refractivity contribution in [1.29, 1.82) is 0 Å². The molecule has 3 rings (SSSR count). The molecule has 0 fully saturated rings. The second-order valence-electron chi connectivity index (χ2n) is 5.88. The standard InChI is InChI=1S/C19H16ClF2N3O2S/c1-2-11-25-18(19(21)22)16(12-7-9-13(20)10-8-12)17(24-25)14-5-3-4-6-15(14)28(23,26)27/h2-11,19H,1H3,(H2,23,26,27). The van der Waals surface area contributed by atoms with E-state index in [1.54, 1.807) is 43.3 Å². The number of benzene rings is 2. The Kier molecular flexibility index (Phi) is 5.64. The third-order valence-electron chi connectivity index (χ3n) is 4.03. The molecule has 1 aromatic heterocycles. The Hall–Kier alpha value is -2.55. The molecule has 0 aliphatic carbocycles. The van der Waals surface area contributed by atoms with Crippen LogP contribution in [0.1, 0.15) is 19.0 Å². The van der Waals surface area contributed by atoms with Crippen molar-refractivity contribution in [3.05, 3.63) is 65.3 Å². The molecule has 0 aliphatic rings. The topological polar surface area (TPSA) is 78.0 Å². The zero-order valence-electron chi connectivity index (χ0n) is 14.7. The highest BCUT2D eigenvalue weighted by Gasteiger charge is 2.28. The predicted octanol–water partition coefficient (Wildman–Crippen LogP) is 4.95. The number of primary sulfonamides is 1. The van der Waals surface area contributed by atoms with E-state index < -0.39 is 16.4 Å². The molecule has 28 heavy (non-hydrogen) atoms. The molecular formula is C19H16ClF2N3O2S. The Balaban J connectivity index is 2.43. The summed E-state index contributed by atoms with van der Waals surface area (Å²) in [6.45, 7) is 1.66. The lowest BCUT2D eigenvalue weighted by molar-refractivity contribution is 0.144. The van der Waals surface area contributed by atoms with Crippen molar-refractivity contribution in [2.45, 2.75) is 18.2 Å². The van der Waals surface area contributed by atoms with Crippen LogP contribution in [0.25, 0.3) is 28.6 Å². The number of allylic oxidation sites excluding steroid dienone is 1. The zero-order valence-corrected chi connectivity index (χ0v) is 16.3. The van der Waals surface area contributed by atoms with Crippen LogP contribution in [0.3, 0.4) is 0 Å². The second kappa shape index (κ2) is 7.83. The van der Waals surface area contributed by atoms with Crippen LogP contribution in [0.4, 0.5) is 8.78 Å². The van der Waals surface area contributed by atoms with Gasteiger partial charge in [-0.2, -0.15) is 5.10 Å². The first-order valence-corrected chi connectivity index (χ1v) is 10.1. The van der Waals surface area contributed by atoms with Gasteiger partial charge in [-0.25, -0.2) is 27.0 Å². The van der Waals surface area contributed by atoms with Crippen molar-refractivity contribution in [1.82, 2.24) is 9.78 Å². The lowest BCUT2D eigenvalue weighted by Crippen LogP contribution is -2.13. The van der Waals surface area contributed by atoms with Gasteiger partial charge in [0, 0.05) is 22.3 Å². The van der Waals surface area contributed by atoms with E-state index in [1.807, 2.05) is 0 Å². The fourth-order valence-corrected chi connectivity index (χ4v) is 3.78. The van der Waals surface area contributed by atoms with Gasteiger partial charge in [0.15, 0.2) is 0 Å². The molecule has 0 atom stereocenters. The normalized spacial score (nSPS) is 12.2. The molecule has 2 aromatic carbocycles. The highest BCUT2D eigenvalue weighted by molar-refractivity contribution is 7.89.